The summed E-state index contributed by atoms with van der Waals surface area (Å²) in [4.78, 5) is 10.9. The molecule has 20 heavy (non-hydrogen) atoms. The van der Waals surface area contributed by atoms with Gasteiger partial charge in [0.15, 0.2) is 0 Å². The summed E-state index contributed by atoms with van der Waals surface area (Å²) in [5.41, 5.74) is 12.3. The van der Waals surface area contributed by atoms with E-state index in [2.05, 4.69) is 15.9 Å². The van der Waals surface area contributed by atoms with Crippen molar-refractivity contribution < 1.29 is 14.3 Å². The zero-order valence-corrected chi connectivity index (χ0v) is 13.6. The molecule has 0 heterocycles. The van der Waals surface area contributed by atoms with Crippen LogP contribution in [0.15, 0.2) is 16.6 Å². The number of carbonyl (C=O) groups is 1. The summed E-state index contributed by atoms with van der Waals surface area (Å²) in [7, 11) is 3.18. The molecule has 0 saturated heterocycles. The third-order valence-electron chi connectivity index (χ3n) is 3.10. The van der Waals surface area contributed by atoms with Crippen LogP contribution in [0.25, 0.3) is 0 Å². The van der Waals surface area contributed by atoms with Crippen LogP contribution in [0.3, 0.4) is 0 Å². The van der Waals surface area contributed by atoms with Crippen molar-refractivity contribution in [2.45, 2.75) is 25.8 Å². The molecule has 2 unspecified atom stereocenters. The molecule has 5 nitrogen and oxygen atoms in total. The fraction of sp³-hybridized carbons (Fsp3) is 0.500. The van der Waals surface area contributed by atoms with Crippen molar-refractivity contribution in [1.29, 1.82) is 0 Å². The summed E-state index contributed by atoms with van der Waals surface area (Å²) in [6, 6.07) is 3.38. The lowest BCUT2D eigenvalue weighted by Gasteiger charge is -2.21. The Morgan fingerprint density at radius 2 is 2.00 bits per heavy atom. The second-order valence-corrected chi connectivity index (χ2v) is 5.70. The van der Waals surface area contributed by atoms with Gasteiger partial charge in [0.05, 0.1) is 14.2 Å². The topological polar surface area (TPSA) is 87.6 Å². The smallest absolute Gasteiger partial charge is 0.217 e. The Kier molecular flexibility index (Phi) is 6.29. The quantitative estimate of drug-likeness (QED) is 0.794. The van der Waals surface area contributed by atoms with Crippen LogP contribution in [-0.4, -0.2) is 20.1 Å². The van der Waals surface area contributed by atoms with Crippen LogP contribution in [0.5, 0.6) is 11.5 Å². The maximum absolute atomic E-state index is 10.9. The number of benzene rings is 1. The standard InChI is InChI=1S/C14H21BrN2O3/c1-8(5-13(17)18)4-11(16)14-10(15)6-9(19-2)7-12(14)20-3/h6-8,11H,4-5,16H2,1-3H3,(H2,17,18). The number of hydrogen-bond acceptors (Lipinski definition) is 4. The van der Waals surface area contributed by atoms with Gasteiger partial charge < -0.3 is 20.9 Å². The molecule has 1 amide bonds. The van der Waals surface area contributed by atoms with E-state index in [1.807, 2.05) is 13.0 Å². The predicted octanol–water partition coefficient (Wildman–Crippen LogP) is 2.37. The van der Waals surface area contributed by atoms with Gasteiger partial charge in [-0.2, -0.15) is 0 Å². The van der Waals surface area contributed by atoms with Gasteiger partial charge in [0.2, 0.25) is 5.91 Å². The van der Waals surface area contributed by atoms with Crippen LogP contribution in [0.2, 0.25) is 0 Å². The van der Waals surface area contributed by atoms with Crippen LogP contribution in [-0.2, 0) is 4.79 Å². The van der Waals surface area contributed by atoms with E-state index in [0.717, 1.165) is 10.0 Å². The monoisotopic (exact) mass is 344 g/mol. The molecule has 6 heteroatoms. The number of rotatable bonds is 7. The summed E-state index contributed by atoms with van der Waals surface area (Å²) in [5, 5.41) is 0. The molecule has 0 aromatic heterocycles. The number of carbonyl (C=O) groups excluding carboxylic acids is 1. The zero-order valence-electron chi connectivity index (χ0n) is 12.0. The first-order valence-electron chi connectivity index (χ1n) is 6.34. The lowest BCUT2D eigenvalue weighted by molar-refractivity contribution is -0.118. The van der Waals surface area contributed by atoms with E-state index in [-0.39, 0.29) is 17.9 Å². The van der Waals surface area contributed by atoms with E-state index in [4.69, 9.17) is 20.9 Å². The molecule has 0 aliphatic rings. The van der Waals surface area contributed by atoms with Gasteiger partial charge in [0.25, 0.3) is 0 Å². The highest BCUT2D eigenvalue weighted by molar-refractivity contribution is 9.10. The van der Waals surface area contributed by atoms with Gasteiger partial charge in [-0.25, -0.2) is 0 Å². The van der Waals surface area contributed by atoms with Crippen molar-refractivity contribution >= 4 is 21.8 Å². The summed E-state index contributed by atoms with van der Waals surface area (Å²) in [6.07, 6.45) is 0.966. The predicted molar refractivity (Wildman–Crippen MR) is 81.8 cm³/mol. The summed E-state index contributed by atoms with van der Waals surface area (Å²) in [5.74, 6) is 1.15. The maximum Gasteiger partial charge on any atom is 0.217 e. The molecular formula is C14H21BrN2O3. The second-order valence-electron chi connectivity index (χ2n) is 4.84. The number of nitrogens with two attached hydrogens (primary N) is 2. The van der Waals surface area contributed by atoms with Crippen molar-refractivity contribution in [3.63, 3.8) is 0 Å². The molecule has 1 aromatic rings. The molecule has 112 valence electrons. The van der Waals surface area contributed by atoms with Crippen LogP contribution in [0.4, 0.5) is 0 Å². The molecule has 0 saturated carbocycles. The highest BCUT2D eigenvalue weighted by Gasteiger charge is 2.20. The van der Waals surface area contributed by atoms with Crippen LogP contribution < -0.4 is 20.9 Å². The average Bonchev–Trinajstić information content (AvgIpc) is 2.35. The number of hydrogen-bond donors (Lipinski definition) is 2. The normalized spacial score (nSPS) is 13.7. The van der Waals surface area contributed by atoms with E-state index >= 15 is 0 Å². The molecule has 1 aromatic carbocycles. The van der Waals surface area contributed by atoms with Gasteiger partial charge in [0, 0.05) is 28.6 Å². The minimum absolute atomic E-state index is 0.112. The Hall–Kier alpha value is -1.27. The zero-order chi connectivity index (χ0) is 15.3. The van der Waals surface area contributed by atoms with Crippen LogP contribution >= 0.6 is 15.9 Å². The number of ether oxygens (including phenoxy) is 2. The van der Waals surface area contributed by atoms with Crippen molar-refractivity contribution in [3.8, 4) is 11.5 Å². The molecule has 0 aliphatic carbocycles. The Morgan fingerprint density at radius 3 is 2.50 bits per heavy atom. The van der Waals surface area contributed by atoms with Gasteiger partial charge in [-0.3, -0.25) is 4.79 Å². The molecule has 0 fully saturated rings. The van der Waals surface area contributed by atoms with Crippen molar-refractivity contribution in [1.82, 2.24) is 0 Å². The third kappa shape index (κ3) is 4.38. The van der Waals surface area contributed by atoms with Gasteiger partial charge in [-0.15, -0.1) is 0 Å². The first-order chi connectivity index (χ1) is 9.38. The van der Waals surface area contributed by atoms with Crippen LogP contribution in [0, 0.1) is 5.92 Å². The van der Waals surface area contributed by atoms with E-state index < -0.39 is 0 Å². The fourth-order valence-electron chi connectivity index (χ4n) is 2.19. The van der Waals surface area contributed by atoms with Crippen molar-refractivity contribution in [2.75, 3.05) is 14.2 Å². The number of methoxy groups -OCH3 is 2. The Morgan fingerprint density at radius 1 is 1.35 bits per heavy atom. The largest absolute Gasteiger partial charge is 0.497 e. The number of primary amides is 1. The number of halogens is 1. The van der Waals surface area contributed by atoms with E-state index in [9.17, 15) is 4.79 Å². The Balaban J connectivity index is 2.97. The molecular weight excluding hydrogens is 324 g/mol. The summed E-state index contributed by atoms with van der Waals surface area (Å²) >= 11 is 3.49. The molecule has 0 spiro atoms. The fourth-order valence-corrected chi connectivity index (χ4v) is 2.91. The molecule has 2 atom stereocenters. The molecule has 0 aliphatic heterocycles. The van der Waals surface area contributed by atoms with Gasteiger partial charge >= 0.3 is 0 Å². The van der Waals surface area contributed by atoms with Crippen LogP contribution in [0.1, 0.15) is 31.4 Å². The van der Waals surface area contributed by atoms with E-state index in [1.54, 1.807) is 20.3 Å². The van der Waals surface area contributed by atoms with Gasteiger partial charge in [-0.1, -0.05) is 22.9 Å². The molecule has 4 N–H and O–H groups in total. The minimum Gasteiger partial charge on any atom is -0.497 e. The minimum atomic E-state index is -0.314. The van der Waals surface area contributed by atoms with E-state index in [0.29, 0.717) is 24.3 Å². The lowest BCUT2D eigenvalue weighted by Crippen LogP contribution is -2.20. The average molecular weight is 345 g/mol. The van der Waals surface area contributed by atoms with Crippen molar-refractivity contribution in [3.05, 3.63) is 22.2 Å². The highest BCUT2D eigenvalue weighted by atomic mass is 79.9. The Labute approximate surface area is 127 Å². The first-order valence-corrected chi connectivity index (χ1v) is 7.13. The lowest BCUT2D eigenvalue weighted by atomic mass is 9.93. The molecule has 0 bridgehead atoms. The highest BCUT2D eigenvalue weighted by Crippen LogP contribution is 2.38. The third-order valence-corrected chi connectivity index (χ3v) is 3.75. The first kappa shape index (κ1) is 16.8. The summed E-state index contributed by atoms with van der Waals surface area (Å²) < 4.78 is 11.4. The molecule has 1 rings (SSSR count). The van der Waals surface area contributed by atoms with E-state index in [1.165, 1.54) is 0 Å². The number of amides is 1. The summed E-state index contributed by atoms with van der Waals surface area (Å²) in [6.45, 7) is 1.95. The van der Waals surface area contributed by atoms with Gasteiger partial charge in [0.1, 0.15) is 11.5 Å². The molecule has 0 radical (unpaired) electrons. The SMILES string of the molecule is COc1cc(Br)c(C(N)CC(C)CC(N)=O)c(OC)c1. The maximum atomic E-state index is 10.9. The second kappa shape index (κ2) is 7.50. The van der Waals surface area contributed by atoms with Crippen molar-refractivity contribution in [2.24, 2.45) is 17.4 Å². The van der Waals surface area contributed by atoms with Gasteiger partial charge in [-0.05, 0) is 18.4 Å². The Bertz CT molecular complexity index is 480.